The molecule has 0 bridgehead atoms. The van der Waals surface area contributed by atoms with Crippen molar-refractivity contribution in [2.45, 2.75) is 6.61 Å². The molecule has 0 aliphatic heterocycles. The summed E-state index contributed by atoms with van der Waals surface area (Å²) in [6.45, 7) is 0.199. The number of ether oxygens (including phenoxy) is 2. The number of benzene rings is 3. The van der Waals surface area contributed by atoms with Gasteiger partial charge in [0.05, 0.1) is 17.6 Å². The highest BCUT2D eigenvalue weighted by molar-refractivity contribution is 6.08. The maximum atomic E-state index is 12.6. The molecule has 0 atom stereocenters. The van der Waals surface area contributed by atoms with Crippen LogP contribution in [0.25, 0.3) is 6.08 Å². The van der Waals surface area contributed by atoms with E-state index >= 15 is 0 Å². The fourth-order valence-electron chi connectivity index (χ4n) is 2.65. The number of carbonyl (C=O) groups excluding carboxylic acids is 1. The molecule has 0 fully saturated rings. The van der Waals surface area contributed by atoms with Gasteiger partial charge in [-0.05, 0) is 53.6 Å². The van der Waals surface area contributed by atoms with Crippen LogP contribution in [-0.2, 0) is 6.61 Å². The Bertz CT molecular complexity index is 1020. The highest BCUT2D eigenvalue weighted by atomic mass is 16.6. The molecule has 0 spiro atoms. The molecule has 0 unspecified atom stereocenters. The van der Waals surface area contributed by atoms with Gasteiger partial charge in [-0.2, -0.15) is 0 Å². The molecular weight excluding hydrogens is 370 g/mol. The summed E-state index contributed by atoms with van der Waals surface area (Å²) in [7, 11) is 1.60. The van der Waals surface area contributed by atoms with Crippen LogP contribution in [0.15, 0.2) is 78.9 Å². The minimum atomic E-state index is -0.451. The average molecular weight is 389 g/mol. The quantitative estimate of drug-likeness (QED) is 0.232. The van der Waals surface area contributed by atoms with Gasteiger partial charge in [-0.25, -0.2) is 0 Å². The van der Waals surface area contributed by atoms with Crippen LogP contribution in [0, 0.1) is 10.1 Å². The number of para-hydroxylation sites is 1. The van der Waals surface area contributed by atoms with Crippen molar-refractivity contribution in [3.05, 3.63) is 106 Å². The molecular formula is C23H19NO5. The van der Waals surface area contributed by atoms with Gasteiger partial charge in [0.25, 0.3) is 5.69 Å². The molecule has 0 aliphatic rings. The molecule has 29 heavy (non-hydrogen) atoms. The van der Waals surface area contributed by atoms with Crippen molar-refractivity contribution >= 4 is 17.5 Å². The van der Waals surface area contributed by atoms with Gasteiger partial charge in [0.15, 0.2) is 5.78 Å². The zero-order valence-electron chi connectivity index (χ0n) is 15.8. The van der Waals surface area contributed by atoms with E-state index in [2.05, 4.69) is 0 Å². The second-order valence-electron chi connectivity index (χ2n) is 6.18. The van der Waals surface area contributed by atoms with Gasteiger partial charge in [-0.3, -0.25) is 14.9 Å². The zero-order chi connectivity index (χ0) is 20.6. The maximum absolute atomic E-state index is 12.6. The summed E-state index contributed by atoms with van der Waals surface area (Å²) in [5, 5.41) is 10.7. The summed E-state index contributed by atoms with van der Waals surface area (Å²) < 4.78 is 10.9. The highest BCUT2D eigenvalue weighted by Gasteiger charge is 2.10. The Morgan fingerprint density at radius 1 is 1.00 bits per heavy atom. The molecule has 0 saturated heterocycles. The number of nitro benzene ring substituents is 1. The molecule has 3 aromatic rings. The van der Waals surface area contributed by atoms with Gasteiger partial charge in [-0.15, -0.1) is 0 Å². The van der Waals surface area contributed by atoms with Crippen LogP contribution in [0.5, 0.6) is 11.5 Å². The molecule has 6 nitrogen and oxygen atoms in total. The van der Waals surface area contributed by atoms with E-state index in [1.165, 1.54) is 18.2 Å². The maximum Gasteiger partial charge on any atom is 0.269 e. The van der Waals surface area contributed by atoms with Crippen LogP contribution in [0.2, 0.25) is 0 Å². The van der Waals surface area contributed by atoms with E-state index in [1.807, 2.05) is 24.3 Å². The summed E-state index contributed by atoms with van der Waals surface area (Å²) >= 11 is 0. The van der Waals surface area contributed by atoms with Crippen molar-refractivity contribution in [1.82, 2.24) is 0 Å². The predicted octanol–water partition coefficient (Wildman–Crippen LogP) is 5.08. The van der Waals surface area contributed by atoms with Crippen LogP contribution in [0.3, 0.4) is 0 Å². The van der Waals surface area contributed by atoms with E-state index in [9.17, 15) is 14.9 Å². The first-order valence-corrected chi connectivity index (χ1v) is 8.88. The first-order valence-electron chi connectivity index (χ1n) is 8.88. The van der Waals surface area contributed by atoms with E-state index in [0.29, 0.717) is 11.3 Å². The normalized spacial score (nSPS) is 10.7. The molecule has 146 valence electrons. The minimum absolute atomic E-state index is 0.0213. The standard InChI is InChI=1S/C23H19NO5/c1-28-20-13-8-17(9-14-20)10-15-22(25)21-4-2-3-5-23(21)29-16-18-6-11-19(12-7-18)24(26)27/h2-15H,16H2,1H3/b15-10-. The monoisotopic (exact) mass is 389 g/mol. The molecule has 0 saturated carbocycles. The smallest absolute Gasteiger partial charge is 0.269 e. The van der Waals surface area contributed by atoms with Crippen molar-refractivity contribution in [3.8, 4) is 11.5 Å². The Balaban J connectivity index is 1.69. The molecule has 0 aromatic heterocycles. The average Bonchev–Trinajstić information content (AvgIpc) is 2.77. The number of rotatable bonds is 8. The SMILES string of the molecule is COc1ccc(/C=C\C(=O)c2ccccc2OCc2ccc([N+](=O)[O-])cc2)cc1. The van der Waals surface area contributed by atoms with Crippen LogP contribution in [0.4, 0.5) is 5.69 Å². The lowest BCUT2D eigenvalue weighted by molar-refractivity contribution is -0.384. The van der Waals surface area contributed by atoms with E-state index in [0.717, 1.165) is 16.9 Å². The lowest BCUT2D eigenvalue weighted by Crippen LogP contribution is -2.02. The predicted molar refractivity (Wildman–Crippen MR) is 110 cm³/mol. The van der Waals surface area contributed by atoms with Crippen LogP contribution < -0.4 is 9.47 Å². The first-order chi connectivity index (χ1) is 14.1. The summed E-state index contributed by atoms with van der Waals surface area (Å²) in [6.07, 6.45) is 3.23. The first kappa shape index (κ1) is 19.8. The van der Waals surface area contributed by atoms with Gasteiger partial charge < -0.3 is 9.47 Å². The van der Waals surface area contributed by atoms with E-state index < -0.39 is 4.92 Å². The van der Waals surface area contributed by atoms with Gasteiger partial charge >= 0.3 is 0 Å². The summed E-state index contributed by atoms with van der Waals surface area (Å²) in [6, 6.07) is 20.5. The number of non-ortho nitro benzene ring substituents is 1. The third-order valence-electron chi connectivity index (χ3n) is 4.24. The summed E-state index contributed by atoms with van der Waals surface area (Å²) in [5.41, 5.74) is 2.11. The lowest BCUT2D eigenvalue weighted by atomic mass is 10.1. The summed E-state index contributed by atoms with van der Waals surface area (Å²) in [5.74, 6) is 1.02. The lowest BCUT2D eigenvalue weighted by Gasteiger charge is -2.09. The van der Waals surface area contributed by atoms with Crippen molar-refractivity contribution in [3.63, 3.8) is 0 Å². The van der Waals surface area contributed by atoms with Crippen LogP contribution >= 0.6 is 0 Å². The minimum Gasteiger partial charge on any atom is -0.497 e. The number of nitro groups is 1. The third kappa shape index (κ3) is 5.29. The molecule has 0 heterocycles. The molecule has 0 N–H and O–H groups in total. The van der Waals surface area contributed by atoms with E-state index in [1.54, 1.807) is 49.6 Å². The number of methoxy groups -OCH3 is 1. The van der Waals surface area contributed by atoms with Crippen molar-refractivity contribution in [1.29, 1.82) is 0 Å². The molecule has 3 rings (SSSR count). The van der Waals surface area contributed by atoms with Crippen molar-refractivity contribution in [2.24, 2.45) is 0 Å². The molecule has 0 radical (unpaired) electrons. The molecule has 0 amide bonds. The fraction of sp³-hybridized carbons (Fsp3) is 0.0870. The van der Waals surface area contributed by atoms with Crippen molar-refractivity contribution in [2.75, 3.05) is 7.11 Å². The molecule has 6 heteroatoms. The third-order valence-corrected chi connectivity index (χ3v) is 4.24. The van der Waals surface area contributed by atoms with Crippen molar-refractivity contribution < 1.29 is 19.2 Å². The van der Waals surface area contributed by atoms with Gasteiger partial charge in [-0.1, -0.05) is 30.3 Å². The topological polar surface area (TPSA) is 78.7 Å². The largest absolute Gasteiger partial charge is 0.497 e. The molecule has 0 aliphatic carbocycles. The second-order valence-corrected chi connectivity index (χ2v) is 6.18. The fourth-order valence-corrected chi connectivity index (χ4v) is 2.65. The number of nitrogens with zero attached hydrogens (tertiary/aromatic N) is 1. The number of ketones is 1. The number of carbonyl (C=O) groups is 1. The second kappa shape index (κ2) is 9.32. The van der Waals surface area contributed by atoms with Gasteiger partial charge in [0.2, 0.25) is 0 Å². The summed E-state index contributed by atoms with van der Waals surface area (Å²) in [4.78, 5) is 22.9. The van der Waals surface area contributed by atoms with Crippen LogP contribution in [0.1, 0.15) is 21.5 Å². The van der Waals surface area contributed by atoms with Crippen LogP contribution in [-0.4, -0.2) is 17.8 Å². The van der Waals surface area contributed by atoms with Gasteiger partial charge in [0.1, 0.15) is 18.1 Å². The van der Waals surface area contributed by atoms with E-state index in [-0.39, 0.29) is 18.1 Å². The Kier molecular flexibility index (Phi) is 6.37. The Morgan fingerprint density at radius 2 is 1.69 bits per heavy atom. The Morgan fingerprint density at radius 3 is 2.34 bits per heavy atom. The number of hydrogen-bond acceptors (Lipinski definition) is 5. The van der Waals surface area contributed by atoms with Gasteiger partial charge in [0, 0.05) is 12.1 Å². The number of allylic oxidation sites excluding steroid dienone is 1. The number of hydrogen-bond donors (Lipinski definition) is 0. The van der Waals surface area contributed by atoms with E-state index in [4.69, 9.17) is 9.47 Å². The highest BCUT2D eigenvalue weighted by Crippen LogP contribution is 2.22. The zero-order valence-corrected chi connectivity index (χ0v) is 15.8. The Labute approximate surface area is 168 Å². The Hall–Kier alpha value is -3.93. The molecule has 3 aromatic carbocycles.